The topological polar surface area (TPSA) is 61.9 Å². The van der Waals surface area contributed by atoms with Gasteiger partial charge in [0.2, 0.25) is 5.91 Å². The van der Waals surface area contributed by atoms with Crippen LogP contribution in [0.3, 0.4) is 0 Å². The van der Waals surface area contributed by atoms with Crippen molar-refractivity contribution < 1.29 is 14.3 Å². The molecule has 1 heterocycles. The molecule has 1 aliphatic heterocycles. The first kappa shape index (κ1) is 17.1. The van der Waals surface area contributed by atoms with Crippen molar-refractivity contribution in [1.82, 2.24) is 15.1 Å². The van der Waals surface area contributed by atoms with Crippen LogP contribution in [-0.4, -0.2) is 68.2 Å². The van der Waals surface area contributed by atoms with E-state index in [0.717, 1.165) is 19.6 Å². The molecule has 1 N–H and O–H groups in total. The van der Waals surface area contributed by atoms with Crippen LogP contribution in [0.2, 0.25) is 0 Å². The van der Waals surface area contributed by atoms with E-state index in [1.165, 1.54) is 39.2 Å². The van der Waals surface area contributed by atoms with Gasteiger partial charge in [-0.05, 0) is 18.8 Å². The van der Waals surface area contributed by atoms with Crippen LogP contribution in [0, 0.1) is 5.92 Å². The minimum atomic E-state index is -0.250. The summed E-state index contributed by atoms with van der Waals surface area (Å²) in [6, 6.07) is 0. The number of nitrogens with zero attached hydrogens (tertiary/aromatic N) is 2. The molecule has 0 aromatic rings. The van der Waals surface area contributed by atoms with Gasteiger partial charge in [0.05, 0.1) is 7.11 Å². The van der Waals surface area contributed by atoms with Crippen molar-refractivity contribution >= 4 is 12.0 Å². The average Bonchev–Trinajstić information content (AvgIpc) is 2.55. The standard InChI is InChI=1S/C16H29N3O3/c1-22-16(21)19-11-9-18(10-12-19)8-7-17-15(20)13-14-5-3-2-4-6-14/h14H,2-13H2,1H3,(H,17,20). The van der Waals surface area contributed by atoms with Gasteiger partial charge in [-0.2, -0.15) is 0 Å². The van der Waals surface area contributed by atoms with E-state index in [9.17, 15) is 9.59 Å². The number of methoxy groups -OCH3 is 1. The molecule has 126 valence electrons. The monoisotopic (exact) mass is 311 g/mol. The summed E-state index contributed by atoms with van der Waals surface area (Å²) >= 11 is 0. The fourth-order valence-electron chi connectivity index (χ4n) is 3.36. The van der Waals surface area contributed by atoms with Gasteiger partial charge in [-0.1, -0.05) is 19.3 Å². The molecule has 22 heavy (non-hydrogen) atoms. The first-order valence-electron chi connectivity index (χ1n) is 8.51. The number of piperazine rings is 1. The van der Waals surface area contributed by atoms with Gasteiger partial charge >= 0.3 is 6.09 Å². The first-order chi connectivity index (χ1) is 10.7. The summed E-state index contributed by atoms with van der Waals surface area (Å²) in [6.45, 7) is 4.63. The van der Waals surface area contributed by atoms with Crippen LogP contribution in [0.15, 0.2) is 0 Å². The summed E-state index contributed by atoms with van der Waals surface area (Å²) in [5.74, 6) is 0.789. The first-order valence-corrected chi connectivity index (χ1v) is 8.51. The summed E-state index contributed by atoms with van der Waals surface area (Å²) in [5.41, 5.74) is 0. The number of hydrogen-bond acceptors (Lipinski definition) is 4. The molecule has 0 radical (unpaired) electrons. The Morgan fingerprint density at radius 3 is 2.41 bits per heavy atom. The number of nitrogens with one attached hydrogen (secondary N) is 1. The van der Waals surface area contributed by atoms with Gasteiger partial charge in [0.25, 0.3) is 0 Å². The summed E-state index contributed by atoms with van der Waals surface area (Å²) in [4.78, 5) is 27.3. The zero-order chi connectivity index (χ0) is 15.8. The van der Waals surface area contributed by atoms with Gasteiger partial charge in [0.1, 0.15) is 0 Å². The van der Waals surface area contributed by atoms with Crippen LogP contribution in [0.4, 0.5) is 4.79 Å². The lowest BCUT2D eigenvalue weighted by atomic mass is 9.87. The molecule has 2 fully saturated rings. The molecule has 0 aromatic carbocycles. The van der Waals surface area contributed by atoms with Crippen molar-refractivity contribution in [2.75, 3.05) is 46.4 Å². The Balaban J connectivity index is 1.55. The van der Waals surface area contributed by atoms with Crippen LogP contribution in [0.25, 0.3) is 0 Å². The molecule has 0 bridgehead atoms. The Bertz CT molecular complexity index is 362. The third kappa shape index (κ3) is 5.48. The van der Waals surface area contributed by atoms with E-state index in [0.29, 0.717) is 32.0 Å². The quantitative estimate of drug-likeness (QED) is 0.835. The smallest absolute Gasteiger partial charge is 0.409 e. The summed E-state index contributed by atoms with van der Waals surface area (Å²) < 4.78 is 4.72. The van der Waals surface area contributed by atoms with Crippen molar-refractivity contribution in [3.63, 3.8) is 0 Å². The van der Waals surface area contributed by atoms with Crippen molar-refractivity contribution in [3.8, 4) is 0 Å². The highest BCUT2D eigenvalue weighted by atomic mass is 16.5. The van der Waals surface area contributed by atoms with Crippen LogP contribution >= 0.6 is 0 Å². The average molecular weight is 311 g/mol. The third-order valence-electron chi connectivity index (χ3n) is 4.75. The number of rotatable bonds is 5. The number of hydrogen-bond donors (Lipinski definition) is 1. The molecule has 1 aliphatic carbocycles. The van der Waals surface area contributed by atoms with E-state index >= 15 is 0 Å². The van der Waals surface area contributed by atoms with E-state index in [-0.39, 0.29) is 12.0 Å². The predicted molar refractivity (Wildman–Crippen MR) is 84.6 cm³/mol. The number of ether oxygens (including phenoxy) is 1. The van der Waals surface area contributed by atoms with Crippen molar-refractivity contribution in [2.45, 2.75) is 38.5 Å². The van der Waals surface area contributed by atoms with E-state index in [1.807, 2.05) is 0 Å². The molecular formula is C16H29N3O3. The number of carbonyl (C=O) groups excluding carboxylic acids is 2. The highest BCUT2D eigenvalue weighted by Gasteiger charge is 2.21. The zero-order valence-electron chi connectivity index (χ0n) is 13.7. The Hall–Kier alpha value is -1.30. The van der Waals surface area contributed by atoms with Gasteiger partial charge in [-0.15, -0.1) is 0 Å². The van der Waals surface area contributed by atoms with Crippen LogP contribution < -0.4 is 5.32 Å². The molecule has 0 unspecified atom stereocenters. The Kier molecular flexibility index (Phi) is 6.96. The van der Waals surface area contributed by atoms with Crippen LogP contribution in [0.1, 0.15) is 38.5 Å². The van der Waals surface area contributed by atoms with E-state index in [1.54, 1.807) is 4.90 Å². The van der Waals surface area contributed by atoms with Crippen molar-refractivity contribution in [1.29, 1.82) is 0 Å². The lowest BCUT2D eigenvalue weighted by Crippen LogP contribution is -2.50. The fraction of sp³-hybridized carbons (Fsp3) is 0.875. The van der Waals surface area contributed by atoms with Gasteiger partial charge in [0, 0.05) is 45.7 Å². The maximum Gasteiger partial charge on any atom is 0.409 e. The molecular weight excluding hydrogens is 282 g/mol. The van der Waals surface area contributed by atoms with Crippen molar-refractivity contribution in [3.05, 3.63) is 0 Å². The minimum Gasteiger partial charge on any atom is -0.453 e. The highest BCUT2D eigenvalue weighted by Crippen LogP contribution is 2.25. The van der Waals surface area contributed by atoms with Gasteiger partial charge in [0.15, 0.2) is 0 Å². The largest absolute Gasteiger partial charge is 0.453 e. The molecule has 0 atom stereocenters. The van der Waals surface area contributed by atoms with Crippen LogP contribution in [0.5, 0.6) is 0 Å². The second-order valence-electron chi connectivity index (χ2n) is 6.36. The minimum absolute atomic E-state index is 0.195. The predicted octanol–water partition coefficient (Wildman–Crippen LogP) is 1.46. The van der Waals surface area contributed by atoms with Crippen molar-refractivity contribution in [2.24, 2.45) is 5.92 Å². The summed E-state index contributed by atoms with van der Waals surface area (Å²) in [6.07, 6.45) is 6.75. The summed E-state index contributed by atoms with van der Waals surface area (Å²) in [7, 11) is 1.41. The molecule has 0 spiro atoms. The van der Waals surface area contributed by atoms with Gasteiger partial charge in [-0.25, -0.2) is 4.79 Å². The zero-order valence-corrected chi connectivity index (χ0v) is 13.7. The Morgan fingerprint density at radius 2 is 1.77 bits per heavy atom. The SMILES string of the molecule is COC(=O)N1CCN(CCNC(=O)CC2CCCCC2)CC1. The highest BCUT2D eigenvalue weighted by molar-refractivity contribution is 5.76. The lowest BCUT2D eigenvalue weighted by molar-refractivity contribution is -0.122. The van der Waals surface area contributed by atoms with E-state index in [4.69, 9.17) is 4.74 Å². The second-order valence-corrected chi connectivity index (χ2v) is 6.36. The molecule has 2 amide bonds. The third-order valence-corrected chi connectivity index (χ3v) is 4.75. The van der Waals surface area contributed by atoms with E-state index in [2.05, 4.69) is 10.2 Å². The fourth-order valence-corrected chi connectivity index (χ4v) is 3.36. The molecule has 6 heteroatoms. The molecule has 2 rings (SSSR count). The summed E-state index contributed by atoms with van der Waals surface area (Å²) in [5, 5.41) is 3.04. The molecule has 1 saturated heterocycles. The maximum absolute atomic E-state index is 11.9. The Morgan fingerprint density at radius 1 is 1.09 bits per heavy atom. The van der Waals surface area contributed by atoms with Gasteiger partial charge < -0.3 is 15.0 Å². The number of carbonyl (C=O) groups is 2. The number of amides is 2. The molecule has 1 saturated carbocycles. The lowest BCUT2D eigenvalue weighted by Gasteiger charge is -2.33. The molecule has 2 aliphatic rings. The Labute approximate surface area is 133 Å². The second kappa shape index (κ2) is 8.98. The van der Waals surface area contributed by atoms with E-state index < -0.39 is 0 Å². The normalized spacial score (nSPS) is 20.7. The molecule has 6 nitrogen and oxygen atoms in total. The maximum atomic E-state index is 11.9. The van der Waals surface area contributed by atoms with Crippen LogP contribution in [-0.2, 0) is 9.53 Å². The molecule has 0 aromatic heterocycles. The van der Waals surface area contributed by atoms with Gasteiger partial charge in [-0.3, -0.25) is 9.69 Å².